The highest BCUT2D eigenvalue weighted by atomic mass is 32.1. The van der Waals surface area contributed by atoms with Gasteiger partial charge in [-0.3, -0.25) is 4.90 Å². The number of aliphatic carboxylic acids is 2. The van der Waals surface area contributed by atoms with E-state index in [1.807, 2.05) is 30.5 Å². The van der Waals surface area contributed by atoms with Crippen molar-refractivity contribution in [1.29, 1.82) is 0 Å². The summed E-state index contributed by atoms with van der Waals surface area (Å²) >= 11 is 1.47. The predicted molar refractivity (Wildman–Crippen MR) is 145 cm³/mol. The second kappa shape index (κ2) is 12.3. The first-order valence-corrected chi connectivity index (χ1v) is 13.4. The Morgan fingerprint density at radius 2 is 1.85 bits per heavy atom. The Hall–Kier alpha value is -3.61. The fourth-order valence-electron chi connectivity index (χ4n) is 4.97. The van der Waals surface area contributed by atoms with Crippen LogP contribution in [0.25, 0.3) is 21.0 Å². The van der Waals surface area contributed by atoms with Crippen LogP contribution in [0.1, 0.15) is 36.1 Å². The molecule has 3 atom stereocenters. The quantitative estimate of drug-likeness (QED) is 0.221. The molecular weight excluding hydrogens is 549 g/mol. The minimum Gasteiger partial charge on any atom is -0.490 e. The van der Waals surface area contributed by atoms with Crippen LogP contribution in [0.5, 0.6) is 5.75 Å². The van der Waals surface area contributed by atoms with Crippen molar-refractivity contribution in [1.82, 2.24) is 9.88 Å². The number of fused-ring (bicyclic) bond motifs is 2. The molecule has 1 aliphatic rings. The summed E-state index contributed by atoms with van der Waals surface area (Å²) < 4.78 is 46.8. The molecule has 0 amide bonds. The van der Waals surface area contributed by atoms with Crippen LogP contribution in [0.4, 0.5) is 13.2 Å². The van der Waals surface area contributed by atoms with Crippen molar-refractivity contribution in [2.75, 3.05) is 19.7 Å². The van der Waals surface area contributed by atoms with E-state index >= 15 is 0 Å². The minimum absolute atomic E-state index is 0.202. The molecule has 0 saturated carbocycles. The van der Waals surface area contributed by atoms with Gasteiger partial charge in [-0.1, -0.05) is 12.1 Å². The summed E-state index contributed by atoms with van der Waals surface area (Å²) in [6.07, 6.45) is -1.41. The molecule has 0 spiro atoms. The number of aliphatic hydroxyl groups is 1. The first-order valence-electron chi connectivity index (χ1n) is 12.6. The van der Waals surface area contributed by atoms with Gasteiger partial charge < -0.3 is 25.0 Å². The standard InChI is InChI=1S/C26H27F3N2O2S.C2H2O4/c1-16-12-17(25-13-20-21(26(27,28)29)4-2-7-24(20)34-25)9-11-31(16)14-18(32)15-33-23-6-3-5-22-19(23)8-10-30-22;3-1(4)2(5)6/h2-8,10,13,16-18,30,32H,9,11-12,14-15H2,1H3;(H,3,4)(H,5,6)/t16-,17-,18-;/m0./s1. The van der Waals surface area contributed by atoms with E-state index in [2.05, 4.69) is 16.8 Å². The largest absolute Gasteiger partial charge is 0.490 e. The molecule has 214 valence electrons. The fraction of sp³-hybridized carbons (Fsp3) is 0.357. The number of nitrogens with zero attached hydrogens (tertiary/aromatic N) is 1. The minimum atomic E-state index is -4.35. The molecule has 8 nitrogen and oxygen atoms in total. The number of carboxylic acid groups (broad SMARTS) is 2. The number of benzene rings is 2. The SMILES string of the molecule is C[C@H]1C[C@@H](c2cc3c(C(F)(F)F)cccc3s2)CCN1C[C@H](O)COc1cccc2[nH]ccc12.O=C(O)C(=O)O. The predicted octanol–water partition coefficient (Wildman–Crippen LogP) is 5.56. The van der Waals surface area contributed by atoms with Crippen LogP contribution in [-0.2, 0) is 15.8 Å². The summed E-state index contributed by atoms with van der Waals surface area (Å²) in [6.45, 7) is 3.61. The van der Waals surface area contributed by atoms with E-state index in [0.29, 0.717) is 16.6 Å². The lowest BCUT2D eigenvalue weighted by Crippen LogP contribution is -2.45. The number of carboxylic acids is 2. The number of β-amino-alcohol motifs (C(OH)–C–C–N with tert-alkyl or cyclic N) is 1. The molecule has 1 saturated heterocycles. The van der Waals surface area contributed by atoms with Crippen LogP contribution in [0.15, 0.2) is 54.7 Å². The highest BCUT2D eigenvalue weighted by Gasteiger charge is 2.34. The van der Waals surface area contributed by atoms with Crippen LogP contribution in [0.3, 0.4) is 0 Å². The lowest BCUT2D eigenvalue weighted by atomic mass is 9.89. The van der Waals surface area contributed by atoms with Gasteiger partial charge >= 0.3 is 18.1 Å². The van der Waals surface area contributed by atoms with Crippen molar-refractivity contribution in [3.8, 4) is 5.75 Å². The second-order valence-electron chi connectivity index (χ2n) is 9.70. The van der Waals surface area contributed by atoms with Crippen molar-refractivity contribution >= 4 is 44.3 Å². The van der Waals surface area contributed by atoms with Gasteiger partial charge in [-0.15, -0.1) is 11.3 Å². The van der Waals surface area contributed by atoms with Gasteiger partial charge in [0.25, 0.3) is 0 Å². The number of piperidine rings is 1. The molecule has 0 bridgehead atoms. The van der Waals surface area contributed by atoms with Gasteiger partial charge in [0.15, 0.2) is 0 Å². The summed E-state index contributed by atoms with van der Waals surface area (Å²) in [7, 11) is 0. The molecule has 2 aromatic heterocycles. The molecular formula is C28H29F3N2O6S. The third-order valence-electron chi connectivity index (χ3n) is 6.92. The number of hydrogen-bond acceptors (Lipinski definition) is 6. The number of nitrogens with one attached hydrogen (secondary N) is 1. The van der Waals surface area contributed by atoms with Crippen molar-refractivity contribution in [2.45, 2.75) is 44.0 Å². The highest BCUT2D eigenvalue weighted by Crippen LogP contribution is 2.42. The molecule has 1 aliphatic heterocycles. The first kappa shape index (κ1) is 29.4. The summed E-state index contributed by atoms with van der Waals surface area (Å²) in [4.78, 5) is 24.6. The van der Waals surface area contributed by atoms with Gasteiger partial charge in [0.05, 0.1) is 5.56 Å². The van der Waals surface area contributed by atoms with Crippen LogP contribution in [0, 0.1) is 0 Å². The molecule has 0 aliphatic carbocycles. The second-order valence-corrected chi connectivity index (χ2v) is 10.8. The number of halogens is 3. The summed E-state index contributed by atoms with van der Waals surface area (Å²) in [5, 5.41) is 26.7. The lowest BCUT2D eigenvalue weighted by Gasteiger charge is -2.38. The Balaban J connectivity index is 0.000000557. The molecule has 5 rings (SSSR count). The van der Waals surface area contributed by atoms with E-state index in [1.54, 1.807) is 12.1 Å². The van der Waals surface area contributed by atoms with Crippen LogP contribution in [0.2, 0.25) is 0 Å². The highest BCUT2D eigenvalue weighted by molar-refractivity contribution is 7.19. The normalized spacial score (nSPS) is 18.7. The zero-order valence-corrected chi connectivity index (χ0v) is 22.3. The maximum absolute atomic E-state index is 13.4. The Morgan fingerprint density at radius 3 is 2.52 bits per heavy atom. The van der Waals surface area contributed by atoms with E-state index in [9.17, 15) is 18.3 Å². The average molecular weight is 579 g/mol. The number of rotatable bonds is 6. The summed E-state index contributed by atoms with van der Waals surface area (Å²) in [5.41, 5.74) is 0.433. The van der Waals surface area contributed by atoms with Crippen LogP contribution in [-0.4, -0.2) is 69.0 Å². The molecule has 40 heavy (non-hydrogen) atoms. The van der Waals surface area contributed by atoms with Crippen LogP contribution >= 0.6 is 11.3 Å². The van der Waals surface area contributed by atoms with Crippen LogP contribution < -0.4 is 4.74 Å². The molecule has 0 unspecified atom stereocenters. The van der Waals surface area contributed by atoms with E-state index < -0.39 is 29.8 Å². The first-order chi connectivity index (χ1) is 18.9. The van der Waals surface area contributed by atoms with Gasteiger partial charge in [0.1, 0.15) is 18.5 Å². The van der Waals surface area contributed by atoms with Gasteiger partial charge in [-0.25, -0.2) is 9.59 Å². The molecule has 0 radical (unpaired) electrons. The summed E-state index contributed by atoms with van der Waals surface area (Å²) in [5.74, 6) is -2.68. The number of likely N-dealkylation sites (tertiary alicyclic amines) is 1. The van der Waals surface area contributed by atoms with Gasteiger partial charge in [-0.05, 0) is 68.6 Å². The van der Waals surface area contributed by atoms with Crippen molar-refractivity contribution in [3.63, 3.8) is 0 Å². The van der Waals surface area contributed by atoms with Crippen molar-refractivity contribution < 1.29 is 42.8 Å². The van der Waals surface area contributed by atoms with Gasteiger partial charge in [0.2, 0.25) is 0 Å². The fourth-order valence-corrected chi connectivity index (χ4v) is 6.21. The Bertz CT molecular complexity index is 1470. The molecule has 2 aromatic carbocycles. The molecule has 4 N–H and O–H groups in total. The van der Waals surface area contributed by atoms with Gasteiger partial charge in [0, 0.05) is 44.6 Å². The van der Waals surface area contributed by atoms with E-state index in [1.165, 1.54) is 17.4 Å². The van der Waals surface area contributed by atoms with E-state index in [0.717, 1.165) is 47.0 Å². The Labute approximate surface area is 231 Å². The smallest absolute Gasteiger partial charge is 0.417 e. The number of hydrogen-bond donors (Lipinski definition) is 4. The number of aromatic nitrogens is 1. The number of H-pyrrole nitrogens is 1. The zero-order valence-electron chi connectivity index (χ0n) is 21.5. The zero-order chi connectivity index (χ0) is 29.0. The number of aromatic amines is 1. The van der Waals surface area contributed by atoms with Crippen molar-refractivity contribution in [3.05, 3.63) is 65.2 Å². The number of alkyl halides is 3. The number of thiophene rings is 1. The lowest BCUT2D eigenvalue weighted by molar-refractivity contribution is -0.159. The molecule has 1 fully saturated rings. The third kappa shape index (κ3) is 6.93. The average Bonchev–Trinajstić information content (AvgIpc) is 3.55. The monoisotopic (exact) mass is 578 g/mol. The Kier molecular flexibility index (Phi) is 9.02. The maximum Gasteiger partial charge on any atom is 0.417 e. The topological polar surface area (TPSA) is 123 Å². The van der Waals surface area contributed by atoms with E-state index in [4.69, 9.17) is 24.5 Å². The molecule has 12 heteroatoms. The third-order valence-corrected chi connectivity index (χ3v) is 8.18. The molecule has 3 heterocycles. The maximum atomic E-state index is 13.4. The van der Waals surface area contributed by atoms with Gasteiger partial charge in [-0.2, -0.15) is 13.2 Å². The number of carbonyl (C=O) groups is 2. The number of aliphatic hydroxyl groups excluding tert-OH is 1. The van der Waals surface area contributed by atoms with Crippen molar-refractivity contribution in [2.24, 2.45) is 0 Å². The molecule has 4 aromatic rings. The number of ether oxygens (including phenoxy) is 1. The van der Waals surface area contributed by atoms with E-state index in [-0.39, 0.29) is 18.6 Å². The summed E-state index contributed by atoms with van der Waals surface area (Å²) in [6, 6.07) is 14.1. The Morgan fingerprint density at radius 1 is 1.12 bits per heavy atom.